The predicted molar refractivity (Wildman–Crippen MR) is 105 cm³/mol. The Kier molecular flexibility index (Phi) is 6.55. The third-order valence-corrected chi connectivity index (χ3v) is 5.27. The summed E-state index contributed by atoms with van der Waals surface area (Å²) in [6, 6.07) is 7.68. The highest BCUT2D eigenvalue weighted by atomic mass is 16.6. The molecule has 0 bridgehead atoms. The molecule has 2 atom stereocenters. The third-order valence-electron chi connectivity index (χ3n) is 5.27. The Balaban J connectivity index is 1.46. The van der Waals surface area contributed by atoms with E-state index in [0.29, 0.717) is 32.3 Å². The first-order chi connectivity index (χ1) is 13.0. The van der Waals surface area contributed by atoms with E-state index in [1.807, 2.05) is 24.3 Å². The lowest BCUT2D eigenvalue weighted by Crippen LogP contribution is -2.47. The number of piperidine rings is 1. The zero-order valence-corrected chi connectivity index (χ0v) is 16.2. The van der Waals surface area contributed by atoms with Gasteiger partial charge in [0, 0.05) is 31.4 Å². The summed E-state index contributed by atoms with van der Waals surface area (Å²) in [7, 11) is 0. The van der Waals surface area contributed by atoms with Gasteiger partial charge in [0.15, 0.2) is 0 Å². The van der Waals surface area contributed by atoms with E-state index in [4.69, 9.17) is 4.74 Å². The predicted octanol–water partition coefficient (Wildman–Crippen LogP) is 2.88. The minimum atomic E-state index is -0.285. The van der Waals surface area contributed by atoms with E-state index < -0.39 is 0 Å². The molecule has 0 radical (unpaired) electrons. The van der Waals surface area contributed by atoms with Gasteiger partial charge in [-0.25, -0.2) is 9.59 Å². The highest BCUT2D eigenvalue weighted by Crippen LogP contribution is 2.18. The lowest BCUT2D eigenvalue weighted by Gasteiger charge is -2.35. The Labute approximate surface area is 161 Å². The van der Waals surface area contributed by atoms with Crippen molar-refractivity contribution in [2.45, 2.75) is 39.3 Å². The van der Waals surface area contributed by atoms with Gasteiger partial charge in [-0.1, -0.05) is 19.1 Å². The quantitative estimate of drug-likeness (QED) is 0.803. The standard InChI is InChI=1S/C20H30N4O3/c1-15-5-4-8-23(13-15)16(2)12-21-19(25)22-18-7-3-6-17(11-18)14-24-9-10-27-20(24)26/h3,6-7,11,15-16H,4-5,8-10,12-14H2,1-2H3,(H2,21,22,25)/t15-,16-/m1/s1. The van der Waals surface area contributed by atoms with Crippen LogP contribution in [0.1, 0.15) is 32.3 Å². The summed E-state index contributed by atoms with van der Waals surface area (Å²) < 4.78 is 4.95. The van der Waals surface area contributed by atoms with Crippen molar-refractivity contribution < 1.29 is 14.3 Å². The molecule has 27 heavy (non-hydrogen) atoms. The van der Waals surface area contributed by atoms with Crippen LogP contribution in [-0.2, 0) is 11.3 Å². The summed E-state index contributed by atoms with van der Waals surface area (Å²) in [5.41, 5.74) is 1.68. The van der Waals surface area contributed by atoms with E-state index in [1.54, 1.807) is 4.90 Å². The fourth-order valence-corrected chi connectivity index (χ4v) is 3.71. The lowest BCUT2D eigenvalue weighted by atomic mass is 9.99. The van der Waals surface area contributed by atoms with Gasteiger partial charge in [0.05, 0.1) is 6.54 Å². The molecule has 2 fully saturated rings. The van der Waals surface area contributed by atoms with Crippen molar-refractivity contribution in [3.63, 3.8) is 0 Å². The number of likely N-dealkylation sites (tertiary alicyclic amines) is 1. The van der Waals surface area contributed by atoms with Gasteiger partial charge in [-0.05, 0) is 49.9 Å². The van der Waals surface area contributed by atoms with Crippen LogP contribution >= 0.6 is 0 Å². The van der Waals surface area contributed by atoms with Crippen molar-refractivity contribution in [2.24, 2.45) is 5.92 Å². The first kappa shape index (κ1) is 19.5. The second-order valence-electron chi connectivity index (χ2n) is 7.66. The zero-order chi connectivity index (χ0) is 19.2. The molecule has 0 aliphatic carbocycles. The number of amides is 3. The molecule has 0 unspecified atom stereocenters. The second-order valence-corrected chi connectivity index (χ2v) is 7.66. The van der Waals surface area contributed by atoms with Crippen LogP contribution in [0.2, 0.25) is 0 Å². The minimum Gasteiger partial charge on any atom is -0.448 e. The van der Waals surface area contributed by atoms with Gasteiger partial charge < -0.3 is 20.3 Å². The number of nitrogens with zero attached hydrogens (tertiary/aromatic N) is 2. The summed E-state index contributed by atoms with van der Waals surface area (Å²) >= 11 is 0. The van der Waals surface area contributed by atoms with Crippen LogP contribution in [0.5, 0.6) is 0 Å². The molecule has 0 spiro atoms. The summed E-state index contributed by atoms with van der Waals surface area (Å²) in [4.78, 5) is 27.9. The molecule has 0 aromatic heterocycles. The Hall–Kier alpha value is -2.28. The monoisotopic (exact) mass is 374 g/mol. The third kappa shape index (κ3) is 5.60. The summed E-state index contributed by atoms with van der Waals surface area (Å²) in [5.74, 6) is 0.727. The molecule has 2 aliphatic rings. The van der Waals surface area contributed by atoms with Gasteiger partial charge in [0.1, 0.15) is 6.61 Å². The number of carbonyl (C=O) groups excluding carboxylic acids is 2. The van der Waals surface area contributed by atoms with Crippen molar-refractivity contribution in [3.05, 3.63) is 29.8 Å². The van der Waals surface area contributed by atoms with Gasteiger partial charge in [0.25, 0.3) is 0 Å². The van der Waals surface area contributed by atoms with Gasteiger partial charge in [-0.2, -0.15) is 0 Å². The van der Waals surface area contributed by atoms with Crippen molar-refractivity contribution in [3.8, 4) is 0 Å². The van der Waals surface area contributed by atoms with Crippen LogP contribution in [0.3, 0.4) is 0 Å². The number of hydrogen-bond donors (Lipinski definition) is 2. The maximum absolute atomic E-state index is 12.2. The molecule has 3 rings (SSSR count). The second kappa shape index (κ2) is 9.08. The normalized spacial score (nSPS) is 21.6. The molecule has 2 heterocycles. The Bertz CT molecular complexity index is 666. The van der Waals surface area contributed by atoms with Crippen LogP contribution in [0.25, 0.3) is 0 Å². The van der Waals surface area contributed by atoms with Gasteiger partial charge in [-0.3, -0.25) is 4.90 Å². The van der Waals surface area contributed by atoms with Gasteiger partial charge >= 0.3 is 12.1 Å². The Morgan fingerprint density at radius 2 is 2.22 bits per heavy atom. The highest BCUT2D eigenvalue weighted by molar-refractivity contribution is 5.89. The minimum absolute atomic E-state index is 0.204. The molecular formula is C20H30N4O3. The van der Waals surface area contributed by atoms with Crippen LogP contribution in [0, 0.1) is 5.92 Å². The maximum Gasteiger partial charge on any atom is 0.410 e. The van der Waals surface area contributed by atoms with Crippen molar-refractivity contribution >= 4 is 17.8 Å². The lowest BCUT2D eigenvalue weighted by molar-refractivity contribution is 0.138. The van der Waals surface area contributed by atoms with E-state index >= 15 is 0 Å². The van der Waals surface area contributed by atoms with E-state index in [-0.39, 0.29) is 12.1 Å². The van der Waals surface area contributed by atoms with Crippen LogP contribution < -0.4 is 10.6 Å². The van der Waals surface area contributed by atoms with Crippen LogP contribution in [0.15, 0.2) is 24.3 Å². The number of ether oxygens (including phenoxy) is 1. The van der Waals surface area contributed by atoms with Crippen molar-refractivity contribution in [1.29, 1.82) is 0 Å². The molecule has 2 N–H and O–H groups in total. The SMILES string of the molecule is C[C@@H]1CCCN([C@H](C)CNC(=O)Nc2cccc(CN3CCOC3=O)c2)C1. The number of hydrogen-bond acceptors (Lipinski definition) is 4. The number of rotatable bonds is 6. The molecular weight excluding hydrogens is 344 g/mol. The first-order valence-electron chi connectivity index (χ1n) is 9.81. The number of benzene rings is 1. The largest absolute Gasteiger partial charge is 0.448 e. The van der Waals surface area contributed by atoms with E-state index in [1.165, 1.54) is 12.8 Å². The van der Waals surface area contributed by atoms with Gasteiger partial charge in [0.2, 0.25) is 0 Å². The number of anilines is 1. The van der Waals surface area contributed by atoms with E-state index in [9.17, 15) is 9.59 Å². The molecule has 7 nitrogen and oxygen atoms in total. The average Bonchev–Trinajstić information content (AvgIpc) is 3.04. The number of cyclic esters (lactones) is 1. The summed E-state index contributed by atoms with van der Waals surface area (Å²) in [5, 5.41) is 5.85. The Morgan fingerprint density at radius 3 is 2.96 bits per heavy atom. The molecule has 1 aromatic rings. The zero-order valence-electron chi connectivity index (χ0n) is 16.2. The molecule has 2 aliphatic heterocycles. The van der Waals surface area contributed by atoms with Gasteiger partial charge in [-0.15, -0.1) is 0 Å². The van der Waals surface area contributed by atoms with E-state index in [0.717, 1.165) is 30.3 Å². The van der Waals surface area contributed by atoms with E-state index in [2.05, 4.69) is 29.4 Å². The summed E-state index contributed by atoms with van der Waals surface area (Å²) in [6.07, 6.45) is 2.24. The smallest absolute Gasteiger partial charge is 0.410 e. The van der Waals surface area contributed by atoms with Crippen molar-refractivity contribution in [2.75, 3.05) is 38.1 Å². The number of urea groups is 1. The topological polar surface area (TPSA) is 73.9 Å². The molecule has 7 heteroatoms. The summed E-state index contributed by atoms with van der Waals surface area (Å²) in [6.45, 7) is 8.80. The number of nitrogens with one attached hydrogen (secondary N) is 2. The fraction of sp³-hybridized carbons (Fsp3) is 0.600. The van der Waals surface area contributed by atoms with Crippen molar-refractivity contribution in [1.82, 2.24) is 15.1 Å². The molecule has 3 amide bonds. The first-order valence-corrected chi connectivity index (χ1v) is 9.81. The fourth-order valence-electron chi connectivity index (χ4n) is 3.71. The maximum atomic E-state index is 12.2. The highest BCUT2D eigenvalue weighted by Gasteiger charge is 2.22. The average molecular weight is 374 g/mol. The molecule has 148 valence electrons. The molecule has 1 aromatic carbocycles. The molecule has 0 saturated carbocycles. The number of carbonyl (C=O) groups is 2. The molecule has 2 saturated heterocycles. The van der Waals surface area contributed by atoms with Crippen LogP contribution in [0.4, 0.5) is 15.3 Å². The Morgan fingerprint density at radius 1 is 1.37 bits per heavy atom. The van der Waals surface area contributed by atoms with Crippen LogP contribution in [-0.4, -0.2) is 60.8 Å².